The van der Waals surface area contributed by atoms with Gasteiger partial charge >= 0.3 is 0 Å². The van der Waals surface area contributed by atoms with E-state index in [9.17, 15) is 0 Å². The van der Waals surface area contributed by atoms with Gasteiger partial charge < -0.3 is 5.32 Å². The number of aliphatic imine (C=N–C) groups is 1. The van der Waals surface area contributed by atoms with Crippen LogP contribution in [0.15, 0.2) is 35.6 Å². The summed E-state index contributed by atoms with van der Waals surface area (Å²) >= 11 is 0. The van der Waals surface area contributed by atoms with E-state index in [1.54, 1.807) is 12.4 Å². The summed E-state index contributed by atoms with van der Waals surface area (Å²) < 4.78 is 0. The zero-order valence-corrected chi connectivity index (χ0v) is 8.57. The minimum atomic E-state index is 0.821. The molecule has 1 rings (SSSR count). The Kier molecular flexibility index (Phi) is 4.41. The topological polar surface area (TPSA) is 37.3 Å². The molecular weight excluding hydrogens is 174 g/mol. The van der Waals surface area contributed by atoms with Gasteiger partial charge in [-0.15, -0.1) is 0 Å². The molecule has 0 aromatic carbocycles. The fourth-order valence-electron chi connectivity index (χ4n) is 1.01. The van der Waals surface area contributed by atoms with E-state index in [1.807, 2.05) is 38.4 Å². The molecule has 3 heteroatoms. The first-order chi connectivity index (χ1) is 6.86. The molecule has 0 amide bonds. The monoisotopic (exact) mass is 189 g/mol. The summed E-state index contributed by atoms with van der Waals surface area (Å²) in [5, 5.41) is 3.03. The Bertz CT molecular complexity index is 312. The Morgan fingerprint density at radius 3 is 2.93 bits per heavy atom. The third kappa shape index (κ3) is 3.39. The number of hydrogen-bond donors (Lipinski definition) is 1. The lowest BCUT2D eigenvalue weighted by Gasteiger charge is -1.99. The van der Waals surface area contributed by atoms with Crippen LogP contribution >= 0.6 is 0 Å². The molecule has 1 aromatic rings. The van der Waals surface area contributed by atoms with Gasteiger partial charge in [-0.3, -0.25) is 9.98 Å². The zero-order chi connectivity index (χ0) is 10.2. The molecule has 0 aliphatic carbocycles. The van der Waals surface area contributed by atoms with Crippen molar-refractivity contribution >= 4 is 11.9 Å². The number of pyridine rings is 1. The van der Waals surface area contributed by atoms with E-state index in [0.29, 0.717) is 0 Å². The molecular formula is C11H15N3. The summed E-state index contributed by atoms with van der Waals surface area (Å²) in [4.78, 5) is 8.26. The SMILES string of the molecule is C/C=N\C=C/Cc1ccc(NC)cn1. The first-order valence-electron chi connectivity index (χ1n) is 4.62. The molecule has 1 aromatic heterocycles. The molecule has 1 N–H and O–H groups in total. The molecule has 0 fully saturated rings. The second kappa shape index (κ2) is 5.91. The molecule has 74 valence electrons. The fourth-order valence-corrected chi connectivity index (χ4v) is 1.01. The second-order valence-electron chi connectivity index (χ2n) is 2.78. The second-order valence-corrected chi connectivity index (χ2v) is 2.78. The smallest absolute Gasteiger partial charge is 0.0524 e. The van der Waals surface area contributed by atoms with Crippen molar-refractivity contribution in [1.82, 2.24) is 4.98 Å². The van der Waals surface area contributed by atoms with E-state index >= 15 is 0 Å². The van der Waals surface area contributed by atoms with E-state index in [-0.39, 0.29) is 0 Å². The highest BCUT2D eigenvalue weighted by Crippen LogP contribution is 2.05. The quantitative estimate of drug-likeness (QED) is 0.738. The molecule has 0 aliphatic heterocycles. The van der Waals surface area contributed by atoms with Crippen LogP contribution in [0.4, 0.5) is 5.69 Å². The number of allylic oxidation sites excluding steroid dienone is 1. The highest BCUT2D eigenvalue weighted by atomic mass is 14.8. The predicted octanol–water partition coefficient (Wildman–Crippen LogP) is 2.27. The van der Waals surface area contributed by atoms with Crippen LogP contribution in [0.2, 0.25) is 0 Å². The van der Waals surface area contributed by atoms with Gasteiger partial charge in [-0.1, -0.05) is 6.08 Å². The summed E-state index contributed by atoms with van der Waals surface area (Å²) in [7, 11) is 1.88. The Balaban J connectivity index is 2.51. The normalized spacial score (nSPS) is 11.3. The number of nitrogens with zero attached hydrogens (tertiary/aromatic N) is 2. The number of rotatable bonds is 4. The van der Waals surface area contributed by atoms with Gasteiger partial charge in [0.1, 0.15) is 0 Å². The molecule has 0 unspecified atom stereocenters. The van der Waals surface area contributed by atoms with Crippen LogP contribution in [0.25, 0.3) is 0 Å². The van der Waals surface area contributed by atoms with Crippen molar-refractivity contribution in [3.63, 3.8) is 0 Å². The van der Waals surface area contributed by atoms with E-state index in [1.165, 1.54) is 0 Å². The minimum Gasteiger partial charge on any atom is -0.387 e. The molecule has 0 radical (unpaired) electrons. The average Bonchev–Trinajstić information content (AvgIpc) is 2.25. The van der Waals surface area contributed by atoms with Crippen molar-refractivity contribution in [3.8, 4) is 0 Å². The third-order valence-electron chi connectivity index (χ3n) is 1.78. The van der Waals surface area contributed by atoms with Crippen molar-refractivity contribution in [2.24, 2.45) is 4.99 Å². The highest BCUT2D eigenvalue weighted by Gasteiger charge is 1.91. The lowest BCUT2D eigenvalue weighted by atomic mass is 10.2. The van der Waals surface area contributed by atoms with Crippen LogP contribution in [-0.2, 0) is 6.42 Å². The van der Waals surface area contributed by atoms with Gasteiger partial charge in [-0.05, 0) is 19.1 Å². The van der Waals surface area contributed by atoms with Gasteiger partial charge in [0.25, 0.3) is 0 Å². The zero-order valence-electron chi connectivity index (χ0n) is 8.57. The summed E-state index contributed by atoms with van der Waals surface area (Å²) in [6.07, 6.45) is 8.18. The van der Waals surface area contributed by atoms with Gasteiger partial charge in [0.15, 0.2) is 0 Å². The summed E-state index contributed by atoms with van der Waals surface area (Å²) in [6.45, 7) is 1.89. The maximum atomic E-state index is 4.28. The summed E-state index contributed by atoms with van der Waals surface area (Å²) in [5.74, 6) is 0. The predicted molar refractivity (Wildman–Crippen MR) is 60.8 cm³/mol. The van der Waals surface area contributed by atoms with Gasteiger partial charge in [-0.25, -0.2) is 0 Å². The van der Waals surface area contributed by atoms with Crippen molar-refractivity contribution < 1.29 is 0 Å². The molecule has 1 heterocycles. The van der Waals surface area contributed by atoms with Crippen LogP contribution in [-0.4, -0.2) is 18.2 Å². The van der Waals surface area contributed by atoms with E-state index in [2.05, 4.69) is 15.3 Å². The molecule has 0 bridgehead atoms. The maximum Gasteiger partial charge on any atom is 0.0524 e. The molecule has 0 atom stereocenters. The minimum absolute atomic E-state index is 0.821. The molecule has 0 saturated carbocycles. The van der Waals surface area contributed by atoms with Crippen molar-refractivity contribution in [3.05, 3.63) is 36.3 Å². The first-order valence-corrected chi connectivity index (χ1v) is 4.62. The number of hydrogen-bond acceptors (Lipinski definition) is 3. The van der Waals surface area contributed by atoms with Crippen LogP contribution in [0, 0.1) is 0 Å². The standard InChI is InChI=1S/C11H15N3/c1-3-13-8-4-5-10-6-7-11(12-2)9-14-10/h3-4,6-9,12H,5H2,1-2H3/b8-4-,13-3-. The average molecular weight is 189 g/mol. The van der Waals surface area contributed by atoms with Crippen molar-refractivity contribution in [1.29, 1.82) is 0 Å². The Morgan fingerprint density at radius 2 is 2.36 bits per heavy atom. The highest BCUT2D eigenvalue weighted by molar-refractivity contribution is 5.54. The van der Waals surface area contributed by atoms with Crippen LogP contribution in [0.3, 0.4) is 0 Å². The first kappa shape index (κ1) is 10.4. The molecule has 0 aliphatic rings. The van der Waals surface area contributed by atoms with Crippen LogP contribution in [0.5, 0.6) is 0 Å². The largest absolute Gasteiger partial charge is 0.387 e. The Labute approximate surface area is 84.6 Å². The van der Waals surface area contributed by atoms with Gasteiger partial charge in [-0.2, -0.15) is 0 Å². The Morgan fingerprint density at radius 1 is 1.50 bits per heavy atom. The van der Waals surface area contributed by atoms with Gasteiger partial charge in [0, 0.05) is 31.6 Å². The van der Waals surface area contributed by atoms with E-state index in [0.717, 1.165) is 17.8 Å². The molecule has 3 nitrogen and oxygen atoms in total. The number of nitrogens with one attached hydrogen (secondary N) is 1. The van der Waals surface area contributed by atoms with Crippen molar-refractivity contribution in [2.45, 2.75) is 13.3 Å². The van der Waals surface area contributed by atoms with Gasteiger partial charge in [0.2, 0.25) is 0 Å². The summed E-state index contributed by atoms with van der Waals surface area (Å²) in [5.41, 5.74) is 2.08. The molecule has 0 saturated heterocycles. The van der Waals surface area contributed by atoms with E-state index < -0.39 is 0 Å². The lowest BCUT2D eigenvalue weighted by molar-refractivity contribution is 1.10. The molecule has 14 heavy (non-hydrogen) atoms. The lowest BCUT2D eigenvalue weighted by Crippen LogP contribution is -1.91. The van der Waals surface area contributed by atoms with Crippen molar-refractivity contribution in [2.75, 3.05) is 12.4 Å². The molecule has 0 spiro atoms. The van der Waals surface area contributed by atoms with Gasteiger partial charge in [0.05, 0.1) is 11.9 Å². The fraction of sp³-hybridized carbons (Fsp3) is 0.273. The van der Waals surface area contributed by atoms with Crippen LogP contribution < -0.4 is 5.32 Å². The maximum absolute atomic E-state index is 4.28. The number of anilines is 1. The van der Waals surface area contributed by atoms with Crippen LogP contribution in [0.1, 0.15) is 12.6 Å². The number of aromatic nitrogens is 1. The Hall–Kier alpha value is -1.64. The third-order valence-corrected chi connectivity index (χ3v) is 1.78. The summed E-state index contributed by atoms with van der Waals surface area (Å²) in [6, 6.07) is 4.02. The van der Waals surface area contributed by atoms with E-state index in [4.69, 9.17) is 0 Å².